The molecule has 3 aromatic rings. The average molecular weight is 323 g/mol. The van der Waals surface area contributed by atoms with Crippen LogP contribution in [0.25, 0.3) is 11.4 Å². The number of rotatable bonds is 5. The molecule has 24 heavy (non-hydrogen) atoms. The summed E-state index contributed by atoms with van der Waals surface area (Å²) < 4.78 is 4.16. The summed E-state index contributed by atoms with van der Waals surface area (Å²) in [5.41, 5.74) is 1.02. The van der Waals surface area contributed by atoms with Crippen molar-refractivity contribution in [1.29, 1.82) is 0 Å². The molecule has 0 bridgehead atoms. The van der Waals surface area contributed by atoms with Crippen molar-refractivity contribution in [2.75, 3.05) is 0 Å². The molecule has 0 spiro atoms. The fourth-order valence-electron chi connectivity index (χ4n) is 3.30. The highest BCUT2D eigenvalue weighted by Gasteiger charge is 2.32. The molecule has 7 nitrogen and oxygen atoms in total. The van der Waals surface area contributed by atoms with Gasteiger partial charge < -0.3 is 4.57 Å². The summed E-state index contributed by atoms with van der Waals surface area (Å²) in [6.07, 6.45) is 10.4. The van der Waals surface area contributed by atoms with Gasteiger partial charge in [0, 0.05) is 36.5 Å². The Hall–Kier alpha value is -2.57. The smallest absolute Gasteiger partial charge is 0.181 e. The zero-order valence-corrected chi connectivity index (χ0v) is 13.9. The standard InChI is InChI=1S/C17H21N7/c1-12(2)24-16(21-17(22-24)14-3-5-18-6-4-14)9-13-7-15(8-13)23-10-19-20-11-23/h3-6,10-13,15H,7-9H2,1-2H3. The van der Waals surface area contributed by atoms with E-state index in [2.05, 4.69) is 38.3 Å². The van der Waals surface area contributed by atoms with E-state index in [1.54, 1.807) is 25.0 Å². The maximum Gasteiger partial charge on any atom is 0.181 e. The van der Waals surface area contributed by atoms with Crippen LogP contribution in [-0.2, 0) is 6.42 Å². The summed E-state index contributed by atoms with van der Waals surface area (Å²) in [4.78, 5) is 8.87. The predicted molar refractivity (Wildman–Crippen MR) is 89.1 cm³/mol. The van der Waals surface area contributed by atoms with Gasteiger partial charge in [-0.15, -0.1) is 10.2 Å². The van der Waals surface area contributed by atoms with Crippen molar-refractivity contribution in [3.63, 3.8) is 0 Å². The fraction of sp³-hybridized carbons (Fsp3) is 0.471. The molecule has 0 aliphatic heterocycles. The van der Waals surface area contributed by atoms with Crippen molar-refractivity contribution in [2.24, 2.45) is 5.92 Å². The zero-order chi connectivity index (χ0) is 16.5. The molecule has 1 aliphatic rings. The molecule has 3 aromatic heterocycles. The van der Waals surface area contributed by atoms with Crippen LogP contribution in [0.3, 0.4) is 0 Å². The lowest BCUT2D eigenvalue weighted by atomic mass is 9.78. The maximum atomic E-state index is 4.80. The molecule has 3 heterocycles. The van der Waals surface area contributed by atoms with E-state index < -0.39 is 0 Å². The number of pyridine rings is 1. The number of aromatic nitrogens is 7. The Balaban J connectivity index is 1.50. The highest BCUT2D eigenvalue weighted by Crippen LogP contribution is 2.39. The molecule has 0 aromatic carbocycles. The van der Waals surface area contributed by atoms with Gasteiger partial charge in [-0.25, -0.2) is 9.67 Å². The maximum absolute atomic E-state index is 4.80. The lowest BCUT2D eigenvalue weighted by Gasteiger charge is -2.35. The van der Waals surface area contributed by atoms with Crippen molar-refractivity contribution in [3.05, 3.63) is 43.0 Å². The molecule has 0 amide bonds. The monoisotopic (exact) mass is 323 g/mol. The first kappa shape index (κ1) is 15.0. The molecule has 7 heteroatoms. The quantitative estimate of drug-likeness (QED) is 0.721. The summed E-state index contributed by atoms with van der Waals surface area (Å²) in [6, 6.07) is 4.74. The van der Waals surface area contributed by atoms with Gasteiger partial charge in [0.05, 0.1) is 0 Å². The number of nitrogens with zero attached hydrogens (tertiary/aromatic N) is 7. The first-order valence-electron chi connectivity index (χ1n) is 8.40. The third kappa shape index (κ3) is 2.81. The molecule has 1 aliphatic carbocycles. The lowest BCUT2D eigenvalue weighted by Crippen LogP contribution is -2.28. The van der Waals surface area contributed by atoms with Crippen LogP contribution in [0.4, 0.5) is 0 Å². The third-order valence-electron chi connectivity index (χ3n) is 4.67. The number of hydrogen-bond donors (Lipinski definition) is 0. The van der Waals surface area contributed by atoms with Crippen LogP contribution in [0, 0.1) is 5.92 Å². The lowest BCUT2D eigenvalue weighted by molar-refractivity contribution is 0.191. The second kappa shape index (κ2) is 6.14. The van der Waals surface area contributed by atoms with Gasteiger partial charge in [0.15, 0.2) is 5.82 Å². The topological polar surface area (TPSA) is 74.3 Å². The van der Waals surface area contributed by atoms with Gasteiger partial charge in [-0.05, 0) is 44.7 Å². The second-order valence-corrected chi connectivity index (χ2v) is 6.73. The Morgan fingerprint density at radius 3 is 2.50 bits per heavy atom. The molecule has 124 valence electrons. The van der Waals surface area contributed by atoms with E-state index in [9.17, 15) is 0 Å². The minimum Gasteiger partial charge on any atom is -0.317 e. The Morgan fingerprint density at radius 1 is 1.12 bits per heavy atom. The molecule has 4 rings (SSSR count). The van der Waals surface area contributed by atoms with Gasteiger partial charge in [-0.3, -0.25) is 4.98 Å². The Kier molecular flexibility index (Phi) is 3.84. The summed E-state index contributed by atoms with van der Waals surface area (Å²) in [6.45, 7) is 4.30. The second-order valence-electron chi connectivity index (χ2n) is 6.73. The normalized spacial score (nSPS) is 20.3. The molecular formula is C17H21N7. The molecule has 1 fully saturated rings. The van der Waals surface area contributed by atoms with E-state index in [-0.39, 0.29) is 0 Å². The Morgan fingerprint density at radius 2 is 1.83 bits per heavy atom. The van der Waals surface area contributed by atoms with Gasteiger partial charge in [0.1, 0.15) is 18.5 Å². The van der Waals surface area contributed by atoms with E-state index in [0.29, 0.717) is 18.0 Å². The van der Waals surface area contributed by atoms with Gasteiger partial charge >= 0.3 is 0 Å². The molecule has 0 unspecified atom stereocenters. The summed E-state index contributed by atoms with van der Waals surface area (Å²) in [5, 5.41) is 12.5. The highest BCUT2D eigenvalue weighted by atomic mass is 15.4. The van der Waals surface area contributed by atoms with E-state index in [4.69, 9.17) is 10.1 Å². The molecular weight excluding hydrogens is 302 g/mol. The van der Waals surface area contributed by atoms with Gasteiger partial charge in [-0.1, -0.05) is 0 Å². The average Bonchev–Trinajstić information content (AvgIpc) is 3.21. The van der Waals surface area contributed by atoms with Crippen LogP contribution in [0.1, 0.15) is 44.6 Å². The van der Waals surface area contributed by atoms with E-state index in [0.717, 1.165) is 36.5 Å². The van der Waals surface area contributed by atoms with Gasteiger partial charge in [0.2, 0.25) is 0 Å². The molecule has 0 saturated heterocycles. The van der Waals surface area contributed by atoms with Gasteiger partial charge in [-0.2, -0.15) is 5.10 Å². The van der Waals surface area contributed by atoms with Crippen LogP contribution in [0.2, 0.25) is 0 Å². The largest absolute Gasteiger partial charge is 0.317 e. The van der Waals surface area contributed by atoms with Crippen LogP contribution in [0.5, 0.6) is 0 Å². The van der Waals surface area contributed by atoms with E-state index >= 15 is 0 Å². The van der Waals surface area contributed by atoms with Crippen molar-refractivity contribution in [1.82, 2.24) is 34.5 Å². The highest BCUT2D eigenvalue weighted by molar-refractivity contribution is 5.53. The van der Waals surface area contributed by atoms with Crippen molar-refractivity contribution >= 4 is 0 Å². The fourth-order valence-corrected chi connectivity index (χ4v) is 3.30. The molecule has 0 N–H and O–H groups in total. The van der Waals surface area contributed by atoms with Crippen LogP contribution >= 0.6 is 0 Å². The van der Waals surface area contributed by atoms with Crippen LogP contribution < -0.4 is 0 Å². The molecule has 0 atom stereocenters. The summed E-state index contributed by atoms with van der Waals surface area (Å²) in [7, 11) is 0. The Labute approximate surface area is 140 Å². The van der Waals surface area contributed by atoms with E-state index in [1.807, 2.05) is 12.1 Å². The molecule has 0 radical (unpaired) electrons. The number of hydrogen-bond acceptors (Lipinski definition) is 5. The zero-order valence-electron chi connectivity index (χ0n) is 13.9. The predicted octanol–water partition coefficient (Wildman–Crippen LogP) is 2.71. The molecule has 1 saturated carbocycles. The van der Waals surface area contributed by atoms with Crippen LogP contribution in [0.15, 0.2) is 37.2 Å². The van der Waals surface area contributed by atoms with Crippen molar-refractivity contribution in [3.8, 4) is 11.4 Å². The minimum atomic E-state index is 0.303. The first-order chi connectivity index (χ1) is 11.7. The van der Waals surface area contributed by atoms with Gasteiger partial charge in [0.25, 0.3) is 0 Å². The van der Waals surface area contributed by atoms with Crippen molar-refractivity contribution < 1.29 is 0 Å². The van der Waals surface area contributed by atoms with E-state index in [1.165, 1.54) is 0 Å². The third-order valence-corrected chi connectivity index (χ3v) is 4.67. The SMILES string of the molecule is CC(C)n1nc(-c2ccncc2)nc1CC1CC(n2cnnc2)C1. The summed E-state index contributed by atoms with van der Waals surface area (Å²) >= 11 is 0. The Bertz CT molecular complexity index is 786. The minimum absolute atomic E-state index is 0.303. The van der Waals surface area contributed by atoms with Crippen molar-refractivity contribution in [2.45, 2.75) is 45.2 Å². The summed E-state index contributed by atoms with van der Waals surface area (Å²) in [5.74, 6) is 2.50. The van der Waals surface area contributed by atoms with Crippen LogP contribution in [-0.4, -0.2) is 34.5 Å². The first-order valence-corrected chi connectivity index (χ1v) is 8.40.